The predicted molar refractivity (Wildman–Crippen MR) is 58.2 cm³/mol. The van der Waals surface area contributed by atoms with Crippen LogP contribution < -0.4 is 10.6 Å². The van der Waals surface area contributed by atoms with Crippen LogP contribution in [0, 0.1) is 23.3 Å². The van der Waals surface area contributed by atoms with Crippen molar-refractivity contribution in [1.82, 2.24) is 5.32 Å². The molecule has 18 heavy (non-hydrogen) atoms. The number of rotatable bonds is 1. The number of hydrogen-bond acceptors (Lipinski definition) is 1. The molecule has 0 aliphatic rings. The van der Waals surface area contributed by atoms with E-state index in [1.165, 1.54) is 0 Å². The van der Waals surface area contributed by atoms with Gasteiger partial charge < -0.3 is 10.6 Å². The number of hydrogen-bond donors (Lipinski definition) is 2. The van der Waals surface area contributed by atoms with Crippen LogP contribution in [0.2, 0.25) is 0 Å². The molecule has 7 heteroatoms. The Balaban J connectivity index is 3.01. The van der Waals surface area contributed by atoms with Crippen LogP contribution in [0.3, 0.4) is 0 Å². The Morgan fingerprint density at radius 2 is 1.50 bits per heavy atom. The van der Waals surface area contributed by atoms with Gasteiger partial charge in [-0.25, -0.2) is 22.4 Å². The maximum atomic E-state index is 13.2. The number of benzene rings is 1. The zero-order valence-electron chi connectivity index (χ0n) is 10.00. The van der Waals surface area contributed by atoms with Crippen molar-refractivity contribution in [3.8, 4) is 0 Å². The molecule has 3 nitrogen and oxygen atoms in total. The third-order valence-electron chi connectivity index (χ3n) is 1.84. The number of amides is 2. The van der Waals surface area contributed by atoms with Crippen LogP contribution in [0.1, 0.15) is 20.8 Å². The molecule has 1 rings (SSSR count). The lowest BCUT2D eigenvalue weighted by atomic mass is 10.1. The Bertz CT molecular complexity index is 457. The molecular weight excluding hydrogens is 252 g/mol. The van der Waals surface area contributed by atoms with Gasteiger partial charge in [0.15, 0.2) is 23.3 Å². The molecule has 0 unspecified atom stereocenters. The van der Waals surface area contributed by atoms with Crippen molar-refractivity contribution in [2.45, 2.75) is 26.3 Å². The molecule has 100 valence electrons. The third kappa shape index (κ3) is 3.35. The fraction of sp³-hybridized carbons (Fsp3) is 0.364. The molecule has 0 aliphatic carbocycles. The summed E-state index contributed by atoms with van der Waals surface area (Å²) in [5, 5.41) is 4.07. The molecule has 0 aliphatic heterocycles. The van der Waals surface area contributed by atoms with Crippen molar-refractivity contribution in [2.75, 3.05) is 5.32 Å². The molecule has 0 heterocycles. The highest BCUT2D eigenvalue weighted by Gasteiger charge is 2.22. The number of nitrogens with one attached hydrogen (secondary N) is 2. The zero-order valence-corrected chi connectivity index (χ0v) is 10.00. The van der Waals surface area contributed by atoms with Crippen LogP contribution in [-0.4, -0.2) is 11.6 Å². The first-order chi connectivity index (χ1) is 8.11. The molecule has 0 radical (unpaired) electrons. The van der Waals surface area contributed by atoms with Gasteiger partial charge in [0.2, 0.25) is 0 Å². The summed E-state index contributed by atoms with van der Waals surface area (Å²) in [6.45, 7) is 4.89. The van der Waals surface area contributed by atoms with E-state index < -0.39 is 40.5 Å². The highest BCUT2D eigenvalue weighted by atomic mass is 19.2. The molecular formula is C11H12F4N2O. The lowest BCUT2D eigenvalue weighted by Crippen LogP contribution is -2.43. The van der Waals surface area contributed by atoms with E-state index in [2.05, 4.69) is 5.32 Å². The summed E-state index contributed by atoms with van der Waals surface area (Å²) in [7, 11) is 0. The highest BCUT2D eigenvalue weighted by molar-refractivity contribution is 5.90. The van der Waals surface area contributed by atoms with Crippen molar-refractivity contribution >= 4 is 11.7 Å². The number of anilines is 1. The Kier molecular flexibility index (Phi) is 3.83. The molecule has 1 aromatic carbocycles. The van der Waals surface area contributed by atoms with E-state index in [0.717, 1.165) is 0 Å². The minimum atomic E-state index is -1.65. The molecule has 2 amide bonds. The summed E-state index contributed by atoms with van der Waals surface area (Å²) in [5.41, 5.74) is -1.82. The van der Waals surface area contributed by atoms with E-state index in [1.54, 1.807) is 26.1 Å². The minimum absolute atomic E-state index is 0.0670. The highest BCUT2D eigenvalue weighted by Crippen LogP contribution is 2.24. The normalized spacial score (nSPS) is 11.3. The summed E-state index contributed by atoms with van der Waals surface area (Å²) in [5.74, 6) is -6.48. The smallest absolute Gasteiger partial charge is 0.319 e. The van der Waals surface area contributed by atoms with Gasteiger partial charge in [-0.3, -0.25) is 0 Å². The van der Waals surface area contributed by atoms with Crippen molar-refractivity contribution in [3.05, 3.63) is 29.3 Å². The quantitative estimate of drug-likeness (QED) is 0.593. The molecule has 1 aromatic rings. The van der Waals surface area contributed by atoms with Gasteiger partial charge in [-0.15, -0.1) is 0 Å². The minimum Gasteiger partial charge on any atom is -0.333 e. The van der Waals surface area contributed by atoms with E-state index in [-0.39, 0.29) is 6.07 Å². The van der Waals surface area contributed by atoms with Crippen LogP contribution >= 0.6 is 0 Å². The second-order valence-corrected chi connectivity index (χ2v) is 4.67. The second-order valence-electron chi connectivity index (χ2n) is 4.67. The average molecular weight is 264 g/mol. The summed E-state index contributed by atoms with van der Waals surface area (Å²) < 4.78 is 52.1. The van der Waals surface area contributed by atoms with Crippen LogP contribution in [0.15, 0.2) is 6.07 Å². The molecule has 0 aromatic heterocycles. The standard InChI is InChI=1S/C11H12F4N2O/c1-11(2,3)17-10(18)16-9-7(14)5(12)4-6(13)8(9)15/h4H,1-3H3,(H2,16,17,18). The lowest BCUT2D eigenvalue weighted by molar-refractivity contribution is 0.243. The first-order valence-electron chi connectivity index (χ1n) is 5.04. The molecule has 0 fully saturated rings. The summed E-state index contributed by atoms with van der Waals surface area (Å²) in [6.07, 6.45) is 0. The van der Waals surface area contributed by atoms with Gasteiger partial charge in [0.25, 0.3) is 0 Å². The van der Waals surface area contributed by atoms with Crippen molar-refractivity contribution in [2.24, 2.45) is 0 Å². The van der Waals surface area contributed by atoms with E-state index in [1.807, 2.05) is 0 Å². The molecule has 0 spiro atoms. The molecule has 0 saturated heterocycles. The van der Waals surface area contributed by atoms with Gasteiger partial charge in [-0.05, 0) is 20.8 Å². The zero-order chi connectivity index (χ0) is 14.1. The summed E-state index contributed by atoms with van der Waals surface area (Å²) in [4.78, 5) is 11.4. The topological polar surface area (TPSA) is 41.1 Å². The molecule has 0 bridgehead atoms. The summed E-state index contributed by atoms with van der Waals surface area (Å²) >= 11 is 0. The van der Waals surface area contributed by atoms with Gasteiger partial charge >= 0.3 is 6.03 Å². The first kappa shape index (κ1) is 14.3. The fourth-order valence-corrected chi connectivity index (χ4v) is 1.17. The second kappa shape index (κ2) is 4.83. The van der Waals surface area contributed by atoms with Crippen LogP contribution in [0.4, 0.5) is 28.0 Å². The Morgan fingerprint density at radius 1 is 1.06 bits per heavy atom. The van der Waals surface area contributed by atoms with Gasteiger partial charge in [0.05, 0.1) is 0 Å². The Hall–Kier alpha value is -1.79. The maximum absolute atomic E-state index is 13.2. The van der Waals surface area contributed by atoms with Crippen LogP contribution in [0.25, 0.3) is 0 Å². The number of urea groups is 1. The van der Waals surface area contributed by atoms with Gasteiger partial charge in [0, 0.05) is 11.6 Å². The molecule has 2 N–H and O–H groups in total. The molecule has 0 saturated carbocycles. The number of halogens is 4. The van der Waals surface area contributed by atoms with Crippen molar-refractivity contribution in [3.63, 3.8) is 0 Å². The van der Waals surface area contributed by atoms with Gasteiger partial charge in [0.1, 0.15) is 5.69 Å². The molecule has 0 atom stereocenters. The van der Waals surface area contributed by atoms with Gasteiger partial charge in [-0.2, -0.15) is 0 Å². The largest absolute Gasteiger partial charge is 0.333 e. The number of carbonyl (C=O) groups is 1. The Labute approximate surface area is 101 Å². The van der Waals surface area contributed by atoms with Crippen molar-refractivity contribution < 1.29 is 22.4 Å². The van der Waals surface area contributed by atoms with E-state index >= 15 is 0 Å². The van der Waals surface area contributed by atoms with Crippen molar-refractivity contribution in [1.29, 1.82) is 0 Å². The Morgan fingerprint density at radius 3 is 1.89 bits per heavy atom. The monoisotopic (exact) mass is 264 g/mol. The summed E-state index contributed by atoms with van der Waals surface area (Å²) in [6, 6.07) is -0.900. The third-order valence-corrected chi connectivity index (χ3v) is 1.84. The first-order valence-corrected chi connectivity index (χ1v) is 5.04. The average Bonchev–Trinajstić information content (AvgIpc) is 2.19. The van der Waals surface area contributed by atoms with Crippen LogP contribution in [-0.2, 0) is 0 Å². The SMILES string of the molecule is CC(C)(C)NC(=O)Nc1c(F)c(F)cc(F)c1F. The van der Waals surface area contributed by atoms with E-state index in [4.69, 9.17) is 0 Å². The fourth-order valence-electron chi connectivity index (χ4n) is 1.17. The number of carbonyl (C=O) groups excluding carboxylic acids is 1. The van der Waals surface area contributed by atoms with E-state index in [0.29, 0.717) is 0 Å². The van der Waals surface area contributed by atoms with E-state index in [9.17, 15) is 22.4 Å². The maximum Gasteiger partial charge on any atom is 0.319 e. The predicted octanol–water partition coefficient (Wildman–Crippen LogP) is 3.16. The lowest BCUT2D eigenvalue weighted by Gasteiger charge is -2.21. The van der Waals surface area contributed by atoms with Gasteiger partial charge in [-0.1, -0.05) is 0 Å². The van der Waals surface area contributed by atoms with Crippen LogP contribution in [0.5, 0.6) is 0 Å².